The molecule has 3 heterocycles. The Bertz CT molecular complexity index is 651. The van der Waals surface area contributed by atoms with Crippen molar-refractivity contribution in [1.82, 2.24) is 19.7 Å². The van der Waals surface area contributed by atoms with E-state index in [0.717, 1.165) is 0 Å². The molecule has 7 nitrogen and oxygen atoms in total. The molecule has 2 aromatic heterocycles. The van der Waals surface area contributed by atoms with E-state index in [0.29, 0.717) is 11.8 Å². The lowest BCUT2D eigenvalue weighted by molar-refractivity contribution is -0.0298. The standard InChI is InChI=1S/C11H13ClFN5O2/c1-2-5-7(19)6(13)10(20-5)18-9-4(3-15-18)8(14)16-11(12)17-9/h3,5-7,10,19H,2H2,1H3,(H2,14,16,17)/t5-,6+,7-,10-/m1/s1. The first kappa shape index (κ1) is 13.5. The van der Waals surface area contributed by atoms with Crippen LogP contribution in [0.4, 0.5) is 10.2 Å². The third-order valence-corrected chi connectivity index (χ3v) is 3.56. The second kappa shape index (κ2) is 4.80. The van der Waals surface area contributed by atoms with Gasteiger partial charge < -0.3 is 15.6 Å². The number of nitrogens with zero attached hydrogens (tertiary/aromatic N) is 4. The molecule has 0 unspecified atom stereocenters. The number of halogens is 2. The van der Waals surface area contributed by atoms with Crippen LogP contribution < -0.4 is 5.73 Å². The van der Waals surface area contributed by atoms with Crippen LogP contribution in [-0.2, 0) is 4.74 Å². The normalized spacial score (nSPS) is 30.2. The van der Waals surface area contributed by atoms with E-state index in [4.69, 9.17) is 22.1 Å². The number of fused-ring (bicyclic) bond motifs is 1. The molecule has 1 fully saturated rings. The van der Waals surface area contributed by atoms with Gasteiger partial charge >= 0.3 is 0 Å². The van der Waals surface area contributed by atoms with Gasteiger partial charge in [0, 0.05) is 0 Å². The van der Waals surface area contributed by atoms with E-state index in [1.165, 1.54) is 10.9 Å². The molecule has 2 aromatic rings. The Morgan fingerprint density at radius 2 is 2.30 bits per heavy atom. The van der Waals surface area contributed by atoms with Crippen LogP contribution in [0.3, 0.4) is 0 Å². The molecule has 20 heavy (non-hydrogen) atoms. The Labute approximate surface area is 118 Å². The van der Waals surface area contributed by atoms with Crippen LogP contribution in [0.25, 0.3) is 11.0 Å². The van der Waals surface area contributed by atoms with Gasteiger partial charge in [0.1, 0.15) is 11.9 Å². The van der Waals surface area contributed by atoms with E-state index < -0.39 is 24.6 Å². The number of aliphatic hydroxyl groups is 1. The van der Waals surface area contributed by atoms with Crippen LogP contribution in [0.2, 0.25) is 5.28 Å². The maximum Gasteiger partial charge on any atom is 0.226 e. The summed E-state index contributed by atoms with van der Waals surface area (Å²) in [5.41, 5.74) is 5.99. The third-order valence-electron chi connectivity index (χ3n) is 3.39. The van der Waals surface area contributed by atoms with Crippen molar-refractivity contribution in [2.24, 2.45) is 0 Å². The summed E-state index contributed by atoms with van der Waals surface area (Å²) in [5.74, 6) is 0.159. The van der Waals surface area contributed by atoms with E-state index in [1.807, 2.05) is 0 Å². The molecule has 0 spiro atoms. The number of nitrogen functional groups attached to an aromatic ring is 1. The number of aromatic nitrogens is 4. The van der Waals surface area contributed by atoms with Crippen LogP contribution >= 0.6 is 11.6 Å². The predicted molar refractivity (Wildman–Crippen MR) is 69.8 cm³/mol. The largest absolute Gasteiger partial charge is 0.387 e. The van der Waals surface area contributed by atoms with Crippen molar-refractivity contribution in [3.05, 3.63) is 11.5 Å². The van der Waals surface area contributed by atoms with Crippen molar-refractivity contribution in [3.63, 3.8) is 0 Å². The number of rotatable bonds is 2. The molecule has 0 amide bonds. The first-order valence-corrected chi connectivity index (χ1v) is 6.54. The fourth-order valence-electron chi connectivity index (χ4n) is 2.34. The average molecular weight is 302 g/mol. The number of aliphatic hydroxyl groups excluding tert-OH is 1. The van der Waals surface area contributed by atoms with Gasteiger partial charge in [-0.15, -0.1) is 0 Å². The Morgan fingerprint density at radius 1 is 1.55 bits per heavy atom. The van der Waals surface area contributed by atoms with Crippen LogP contribution in [-0.4, -0.2) is 43.2 Å². The monoisotopic (exact) mass is 301 g/mol. The van der Waals surface area contributed by atoms with E-state index >= 15 is 0 Å². The van der Waals surface area contributed by atoms with Gasteiger partial charge in [-0.1, -0.05) is 6.92 Å². The third kappa shape index (κ3) is 1.91. The van der Waals surface area contributed by atoms with Gasteiger partial charge in [-0.3, -0.25) is 0 Å². The maximum absolute atomic E-state index is 14.2. The summed E-state index contributed by atoms with van der Waals surface area (Å²) >= 11 is 5.75. The highest BCUT2D eigenvalue weighted by atomic mass is 35.5. The van der Waals surface area contributed by atoms with E-state index in [-0.39, 0.29) is 16.7 Å². The zero-order chi connectivity index (χ0) is 14.4. The van der Waals surface area contributed by atoms with E-state index in [1.54, 1.807) is 6.92 Å². The van der Waals surface area contributed by atoms with Gasteiger partial charge in [0.15, 0.2) is 18.0 Å². The minimum absolute atomic E-state index is 0.0576. The van der Waals surface area contributed by atoms with Crippen molar-refractivity contribution >= 4 is 28.5 Å². The SMILES string of the molecule is CC[C@H]1O[C@@H](n2ncc3c(N)nc(Cl)nc32)[C@@H](F)[C@@H]1O. The highest BCUT2D eigenvalue weighted by Crippen LogP contribution is 2.35. The molecule has 0 saturated carbocycles. The summed E-state index contributed by atoms with van der Waals surface area (Å²) in [6.07, 6.45) is -2.52. The summed E-state index contributed by atoms with van der Waals surface area (Å²) in [4.78, 5) is 7.80. The first-order valence-electron chi connectivity index (χ1n) is 6.16. The first-order chi connectivity index (χ1) is 9.52. The summed E-state index contributed by atoms with van der Waals surface area (Å²) < 4.78 is 20.9. The minimum atomic E-state index is -1.60. The molecular formula is C11H13ClFN5O2. The van der Waals surface area contributed by atoms with Crippen molar-refractivity contribution in [2.75, 3.05) is 5.73 Å². The molecule has 108 valence electrons. The number of alkyl halides is 1. The molecule has 3 rings (SSSR count). The van der Waals surface area contributed by atoms with Gasteiger partial charge in [0.2, 0.25) is 5.28 Å². The average Bonchev–Trinajstić information content (AvgIpc) is 2.93. The molecule has 0 aromatic carbocycles. The van der Waals surface area contributed by atoms with Gasteiger partial charge in [-0.25, -0.2) is 14.1 Å². The lowest BCUT2D eigenvalue weighted by Crippen LogP contribution is -2.28. The van der Waals surface area contributed by atoms with Crippen LogP contribution in [0.15, 0.2) is 6.20 Å². The second-order valence-electron chi connectivity index (χ2n) is 4.61. The zero-order valence-corrected chi connectivity index (χ0v) is 11.3. The fraction of sp³-hybridized carbons (Fsp3) is 0.545. The number of nitrogens with two attached hydrogens (primary N) is 1. The Balaban J connectivity index is 2.07. The molecule has 3 N–H and O–H groups in total. The van der Waals surface area contributed by atoms with Crippen molar-refractivity contribution < 1.29 is 14.2 Å². The van der Waals surface area contributed by atoms with Crippen molar-refractivity contribution in [3.8, 4) is 0 Å². The van der Waals surface area contributed by atoms with Gasteiger partial charge in [0.05, 0.1) is 17.7 Å². The molecule has 4 atom stereocenters. The summed E-state index contributed by atoms with van der Waals surface area (Å²) in [5, 5.41) is 14.2. The molecule has 1 saturated heterocycles. The fourth-order valence-corrected chi connectivity index (χ4v) is 2.52. The molecule has 0 bridgehead atoms. The summed E-state index contributed by atoms with van der Waals surface area (Å²) in [6.45, 7) is 1.81. The molecule has 1 aliphatic rings. The smallest absolute Gasteiger partial charge is 0.226 e. The van der Waals surface area contributed by atoms with Crippen LogP contribution in [0.5, 0.6) is 0 Å². The van der Waals surface area contributed by atoms with Crippen LogP contribution in [0.1, 0.15) is 19.6 Å². The molecule has 0 aliphatic carbocycles. The highest BCUT2D eigenvalue weighted by Gasteiger charge is 2.45. The summed E-state index contributed by atoms with van der Waals surface area (Å²) in [6, 6.07) is 0. The Morgan fingerprint density at radius 3 is 2.95 bits per heavy atom. The lowest BCUT2D eigenvalue weighted by atomic mass is 10.1. The maximum atomic E-state index is 14.2. The van der Waals surface area contributed by atoms with Gasteiger partial charge in [-0.2, -0.15) is 10.1 Å². The Hall–Kier alpha value is -1.51. The van der Waals surface area contributed by atoms with Gasteiger partial charge in [0.25, 0.3) is 0 Å². The number of anilines is 1. The molecule has 0 radical (unpaired) electrons. The van der Waals surface area contributed by atoms with E-state index in [9.17, 15) is 9.50 Å². The lowest BCUT2D eigenvalue weighted by Gasteiger charge is -2.14. The number of hydrogen-bond donors (Lipinski definition) is 2. The van der Waals surface area contributed by atoms with Crippen molar-refractivity contribution in [1.29, 1.82) is 0 Å². The van der Waals surface area contributed by atoms with Crippen LogP contribution in [0, 0.1) is 0 Å². The minimum Gasteiger partial charge on any atom is -0.387 e. The van der Waals surface area contributed by atoms with Gasteiger partial charge in [-0.05, 0) is 18.0 Å². The summed E-state index contributed by atoms with van der Waals surface area (Å²) in [7, 11) is 0. The van der Waals surface area contributed by atoms with E-state index in [2.05, 4.69) is 15.1 Å². The molecule has 9 heteroatoms. The number of hydrogen-bond acceptors (Lipinski definition) is 6. The zero-order valence-electron chi connectivity index (χ0n) is 10.6. The van der Waals surface area contributed by atoms with Crippen molar-refractivity contribution in [2.45, 2.75) is 38.0 Å². The molecular weight excluding hydrogens is 289 g/mol. The number of ether oxygens (including phenoxy) is 1. The second-order valence-corrected chi connectivity index (χ2v) is 4.95. The molecule has 1 aliphatic heterocycles. The predicted octanol–water partition coefficient (Wildman–Crippen LogP) is 1.07. The Kier molecular flexibility index (Phi) is 3.23. The quantitative estimate of drug-likeness (QED) is 0.805. The highest BCUT2D eigenvalue weighted by molar-refractivity contribution is 6.28. The topological polar surface area (TPSA) is 99.1 Å².